The minimum Gasteiger partial charge on any atom is -0.492 e. The van der Waals surface area contributed by atoms with Crippen LogP contribution in [0, 0.1) is 6.92 Å². The summed E-state index contributed by atoms with van der Waals surface area (Å²) in [7, 11) is 0. The molecule has 3 aromatic rings. The van der Waals surface area contributed by atoms with Crippen molar-refractivity contribution in [2.75, 3.05) is 6.61 Å². The number of para-hydroxylation sites is 1. The predicted octanol–water partition coefficient (Wildman–Crippen LogP) is 3.69. The quantitative estimate of drug-likeness (QED) is 0.647. The molecule has 2 amide bonds. The van der Waals surface area contributed by atoms with Gasteiger partial charge in [0.05, 0.1) is 12.2 Å². The number of hydrogen-bond donors (Lipinski definition) is 2. The minimum atomic E-state index is -0.433. The fourth-order valence-electron chi connectivity index (χ4n) is 2.78. The standard InChI is InChI=1S/C23H22N2O3/c1-17-9-5-6-12-19(17)22(26)24-25-23(27)20-13-7-8-14-21(20)28-16-15-18-10-3-2-4-11-18/h2-14H,15-16H2,1H3,(H,24,26)(H,25,27). The van der Waals surface area contributed by atoms with Crippen LogP contribution >= 0.6 is 0 Å². The maximum atomic E-state index is 12.5. The van der Waals surface area contributed by atoms with Crippen LogP contribution in [-0.2, 0) is 6.42 Å². The molecule has 142 valence electrons. The van der Waals surface area contributed by atoms with Crippen LogP contribution in [0.1, 0.15) is 31.8 Å². The fourth-order valence-corrected chi connectivity index (χ4v) is 2.78. The minimum absolute atomic E-state index is 0.362. The average Bonchev–Trinajstić information content (AvgIpc) is 2.73. The molecule has 0 aliphatic heterocycles. The van der Waals surface area contributed by atoms with Gasteiger partial charge in [0.1, 0.15) is 5.75 Å². The van der Waals surface area contributed by atoms with Crippen LogP contribution in [0.3, 0.4) is 0 Å². The number of carbonyl (C=O) groups excluding carboxylic acids is 2. The Morgan fingerprint density at radius 2 is 1.32 bits per heavy atom. The molecule has 28 heavy (non-hydrogen) atoms. The van der Waals surface area contributed by atoms with E-state index in [0.29, 0.717) is 23.5 Å². The van der Waals surface area contributed by atoms with E-state index in [1.165, 1.54) is 0 Å². The van der Waals surface area contributed by atoms with Gasteiger partial charge in [0, 0.05) is 12.0 Å². The Balaban J connectivity index is 1.59. The number of aryl methyl sites for hydroxylation is 1. The Labute approximate surface area is 164 Å². The topological polar surface area (TPSA) is 67.4 Å². The highest BCUT2D eigenvalue weighted by Gasteiger charge is 2.14. The van der Waals surface area contributed by atoms with Gasteiger partial charge < -0.3 is 4.74 Å². The predicted molar refractivity (Wildman–Crippen MR) is 108 cm³/mol. The third kappa shape index (κ3) is 4.98. The second-order valence-corrected chi connectivity index (χ2v) is 6.30. The van der Waals surface area contributed by atoms with E-state index in [-0.39, 0.29) is 5.91 Å². The molecular formula is C23H22N2O3. The molecule has 0 saturated carbocycles. The number of hydrogen-bond acceptors (Lipinski definition) is 3. The molecule has 3 rings (SSSR count). The SMILES string of the molecule is Cc1ccccc1C(=O)NNC(=O)c1ccccc1OCCc1ccccc1. The zero-order chi connectivity index (χ0) is 19.8. The number of benzene rings is 3. The highest BCUT2D eigenvalue weighted by Crippen LogP contribution is 2.18. The summed E-state index contributed by atoms with van der Waals surface area (Å²) in [6.45, 7) is 2.29. The lowest BCUT2D eigenvalue weighted by molar-refractivity contribution is 0.0844. The van der Waals surface area contributed by atoms with Crippen molar-refractivity contribution in [3.05, 3.63) is 101 Å². The molecule has 0 saturated heterocycles. The molecule has 0 aliphatic carbocycles. The van der Waals surface area contributed by atoms with Gasteiger partial charge in [-0.15, -0.1) is 0 Å². The number of nitrogens with one attached hydrogen (secondary N) is 2. The van der Waals surface area contributed by atoms with Crippen molar-refractivity contribution in [1.29, 1.82) is 0 Å². The Morgan fingerprint density at radius 3 is 2.04 bits per heavy atom. The van der Waals surface area contributed by atoms with Gasteiger partial charge in [0.2, 0.25) is 0 Å². The van der Waals surface area contributed by atoms with Crippen molar-refractivity contribution in [2.45, 2.75) is 13.3 Å². The maximum Gasteiger partial charge on any atom is 0.273 e. The number of amides is 2. The van der Waals surface area contributed by atoms with E-state index in [9.17, 15) is 9.59 Å². The van der Waals surface area contributed by atoms with Crippen LogP contribution in [-0.4, -0.2) is 18.4 Å². The third-order valence-electron chi connectivity index (χ3n) is 4.30. The summed E-state index contributed by atoms with van der Waals surface area (Å²) in [6.07, 6.45) is 0.737. The first-order valence-corrected chi connectivity index (χ1v) is 9.07. The first-order chi connectivity index (χ1) is 13.6. The van der Waals surface area contributed by atoms with E-state index in [2.05, 4.69) is 10.9 Å². The van der Waals surface area contributed by atoms with Crippen LogP contribution in [0.4, 0.5) is 0 Å². The first kappa shape index (κ1) is 19.2. The molecular weight excluding hydrogens is 352 g/mol. The van der Waals surface area contributed by atoms with Crippen molar-refractivity contribution >= 4 is 11.8 Å². The Morgan fingerprint density at radius 1 is 0.750 bits per heavy atom. The molecule has 0 heterocycles. The normalized spacial score (nSPS) is 10.2. The first-order valence-electron chi connectivity index (χ1n) is 9.07. The van der Waals surface area contributed by atoms with Crippen LogP contribution in [0.25, 0.3) is 0 Å². The molecule has 0 bridgehead atoms. The number of ether oxygens (including phenoxy) is 1. The molecule has 0 fully saturated rings. The zero-order valence-electron chi connectivity index (χ0n) is 15.6. The van der Waals surface area contributed by atoms with Crippen molar-refractivity contribution in [3.63, 3.8) is 0 Å². The molecule has 5 nitrogen and oxygen atoms in total. The van der Waals surface area contributed by atoms with Gasteiger partial charge in [-0.1, -0.05) is 60.7 Å². The highest BCUT2D eigenvalue weighted by atomic mass is 16.5. The summed E-state index contributed by atoms with van der Waals surface area (Å²) in [4.78, 5) is 24.8. The van der Waals surface area contributed by atoms with Gasteiger partial charge in [-0.25, -0.2) is 0 Å². The van der Waals surface area contributed by atoms with Crippen LogP contribution in [0.15, 0.2) is 78.9 Å². The molecule has 0 aromatic heterocycles. The molecule has 0 spiro atoms. The molecule has 5 heteroatoms. The summed E-state index contributed by atoms with van der Waals surface area (Å²) in [5, 5.41) is 0. The summed E-state index contributed by atoms with van der Waals surface area (Å²) in [6, 6.07) is 24.1. The smallest absolute Gasteiger partial charge is 0.273 e. The average molecular weight is 374 g/mol. The fraction of sp³-hybridized carbons (Fsp3) is 0.130. The maximum absolute atomic E-state index is 12.5. The third-order valence-corrected chi connectivity index (χ3v) is 4.30. The van der Waals surface area contributed by atoms with E-state index in [4.69, 9.17) is 4.74 Å². The van der Waals surface area contributed by atoms with Gasteiger partial charge in [-0.05, 0) is 36.2 Å². The Kier molecular flexibility index (Phi) is 6.41. The zero-order valence-corrected chi connectivity index (χ0v) is 15.6. The molecule has 0 atom stereocenters. The van der Waals surface area contributed by atoms with E-state index in [0.717, 1.165) is 17.5 Å². The van der Waals surface area contributed by atoms with Crippen LogP contribution in [0.2, 0.25) is 0 Å². The molecule has 3 aromatic carbocycles. The monoisotopic (exact) mass is 374 g/mol. The van der Waals surface area contributed by atoms with Gasteiger partial charge in [0.15, 0.2) is 0 Å². The summed E-state index contributed by atoms with van der Waals surface area (Å²) in [5.41, 5.74) is 7.77. The summed E-state index contributed by atoms with van der Waals surface area (Å²) < 4.78 is 5.80. The van der Waals surface area contributed by atoms with Crippen LogP contribution in [0.5, 0.6) is 5.75 Å². The largest absolute Gasteiger partial charge is 0.492 e. The van der Waals surface area contributed by atoms with E-state index in [1.54, 1.807) is 36.4 Å². The van der Waals surface area contributed by atoms with E-state index >= 15 is 0 Å². The lowest BCUT2D eigenvalue weighted by atomic mass is 10.1. The van der Waals surface area contributed by atoms with Crippen molar-refractivity contribution in [2.24, 2.45) is 0 Å². The molecule has 0 radical (unpaired) electrons. The second-order valence-electron chi connectivity index (χ2n) is 6.30. The van der Waals surface area contributed by atoms with Crippen molar-refractivity contribution in [3.8, 4) is 5.75 Å². The highest BCUT2D eigenvalue weighted by molar-refractivity contribution is 6.00. The Hall–Kier alpha value is -3.60. The molecule has 2 N–H and O–H groups in total. The van der Waals surface area contributed by atoms with Gasteiger partial charge >= 0.3 is 0 Å². The Bertz CT molecular complexity index is 955. The van der Waals surface area contributed by atoms with Crippen molar-refractivity contribution < 1.29 is 14.3 Å². The number of rotatable bonds is 6. The lowest BCUT2D eigenvalue weighted by Crippen LogP contribution is -2.42. The lowest BCUT2D eigenvalue weighted by Gasteiger charge is -2.13. The van der Waals surface area contributed by atoms with Gasteiger partial charge in [-0.2, -0.15) is 0 Å². The summed E-state index contributed by atoms with van der Waals surface area (Å²) in [5.74, 6) is -0.327. The summed E-state index contributed by atoms with van der Waals surface area (Å²) >= 11 is 0. The van der Waals surface area contributed by atoms with Gasteiger partial charge in [-0.3, -0.25) is 20.4 Å². The second kappa shape index (κ2) is 9.37. The van der Waals surface area contributed by atoms with Gasteiger partial charge in [0.25, 0.3) is 11.8 Å². The van der Waals surface area contributed by atoms with Crippen LogP contribution < -0.4 is 15.6 Å². The molecule has 0 aliphatic rings. The number of hydrazine groups is 1. The van der Waals surface area contributed by atoms with Crippen molar-refractivity contribution in [1.82, 2.24) is 10.9 Å². The molecule has 0 unspecified atom stereocenters. The van der Waals surface area contributed by atoms with E-state index in [1.807, 2.05) is 49.4 Å². The number of carbonyl (C=O) groups is 2. The van der Waals surface area contributed by atoms with E-state index < -0.39 is 5.91 Å².